The van der Waals surface area contributed by atoms with Gasteiger partial charge in [-0.25, -0.2) is 0 Å². The number of hydrogen-bond acceptors (Lipinski definition) is 2. The second-order valence-corrected chi connectivity index (χ2v) is 4.14. The van der Waals surface area contributed by atoms with Crippen LogP contribution in [0.2, 0.25) is 5.02 Å². The smallest absolute Gasteiger partial charge is 0.138 e. The van der Waals surface area contributed by atoms with Crippen LogP contribution in [0.5, 0.6) is 5.75 Å². The Morgan fingerprint density at radius 2 is 2.20 bits per heavy atom. The highest BCUT2D eigenvalue weighted by molar-refractivity contribution is 6.32. The van der Waals surface area contributed by atoms with Crippen LogP contribution in [0.1, 0.15) is 24.8 Å². The van der Waals surface area contributed by atoms with E-state index in [0.29, 0.717) is 22.4 Å². The molecule has 0 spiro atoms. The van der Waals surface area contributed by atoms with Crippen molar-refractivity contribution in [3.05, 3.63) is 28.8 Å². The zero-order chi connectivity index (χ0) is 10.8. The fourth-order valence-electron chi connectivity index (χ4n) is 1.43. The molecule has 4 heteroatoms. The Morgan fingerprint density at radius 3 is 2.67 bits per heavy atom. The molecule has 1 aliphatic carbocycles. The number of nitrogens with one attached hydrogen (secondary N) is 1. The van der Waals surface area contributed by atoms with Gasteiger partial charge in [-0.2, -0.15) is 0 Å². The Labute approximate surface area is 93.7 Å². The van der Waals surface area contributed by atoms with E-state index in [2.05, 4.69) is 0 Å². The maximum absolute atomic E-state index is 7.27. The summed E-state index contributed by atoms with van der Waals surface area (Å²) in [5, 5.41) is 7.79. The molecule has 0 heterocycles. The monoisotopic (exact) mass is 224 g/mol. The van der Waals surface area contributed by atoms with Gasteiger partial charge >= 0.3 is 0 Å². The number of nitrogens with two attached hydrogens (primary N) is 1. The fourth-order valence-corrected chi connectivity index (χ4v) is 1.66. The topological polar surface area (TPSA) is 59.1 Å². The maximum Gasteiger partial charge on any atom is 0.138 e. The van der Waals surface area contributed by atoms with Crippen molar-refractivity contribution >= 4 is 17.4 Å². The third-order valence-electron chi connectivity index (χ3n) is 2.59. The minimum atomic E-state index is 0.0205. The third kappa shape index (κ3) is 2.23. The molecule has 1 fully saturated rings. The third-order valence-corrected chi connectivity index (χ3v) is 2.88. The Morgan fingerprint density at radius 1 is 1.47 bits per heavy atom. The van der Waals surface area contributed by atoms with Gasteiger partial charge in [0, 0.05) is 5.56 Å². The quantitative estimate of drug-likeness (QED) is 0.612. The van der Waals surface area contributed by atoms with Gasteiger partial charge < -0.3 is 10.5 Å². The van der Waals surface area contributed by atoms with E-state index in [1.807, 2.05) is 0 Å². The minimum absolute atomic E-state index is 0.0205. The lowest BCUT2D eigenvalue weighted by atomic mass is 9.96. The number of hydrogen-bond donors (Lipinski definition) is 2. The number of nitrogen functional groups attached to an aromatic ring is 1. The average Bonchev–Trinajstić information content (AvgIpc) is 2.12. The molecule has 0 atom stereocenters. The molecule has 80 valence electrons. The summed E-state index contributed by atoms with van der Waals surface area (Å²) in [6.45, 7) is 0. The molecular formula is C11H13ClN2O. The fraction of sp³-hybridized carbons (Fsp3) is 0.364. The van der Waals surface area contributed by atoms with Gasteiger partial charge in [0.1, 0.15) is 11.6 Å². The lowest BCUT2D eigenvalue weighted by molar-refractivity contribution is 0.120. The highest BCUT2D eigenvalue weighted by Crippen LogP contribution is 2.30. The first-order valence-electron chi connectivity index (χ1n) is 4.97. The van der Waals surface area contributed by atoms with Gasteiger partial charge in [0.15, 0.2) is 0 Å². The summed E-state index contributed by atoms with van der Waals surface area (Å²) in [4.78, 5) is 0. The molecule has 2 rings (SSSR count). The molecule has 15 heavy (non-hydrogen) atoms. The average molecular weight is 225 g/mol. The Balaban J connectivity index is 2.14. The normalized spacial score (nSPS) is 15.8. The van der Waals surface area contributed by atoms with Crippen LogP contribution < -0.4 is 10.5 Å². The molecule has 1 aromatic carbocycles. The molecule has 1 saturated carbocycles. The van der Waals surface area contributed by atoms with E-state index in [1.54, 1.807) is 18.2 Å². The Bertz CT molecular complexity index is 388. The zero-order valence-electron chi connectivity index (χ0n) is 8.29. The van der Waals surface area contributed by atoms with Crippen molar-refractivity contribution < 1.29 is 4.74 Å². The van der Waals surface area contributed by atoms with Gasteiger partial charge in [0.05, 0.1) is 11.1 Å². The van der Waals surface area contributed by atoms with Crippen LogP contribution in [-0.4, -0.2) is 11.9 Å². The van der Waals surface area contributed by atoms with Crippen LogP contribution in [0.4, 0.5) is 0 Å². The predicted octanol–water partition coefficient (Wildman–Crippen LogP) is 2.56. The highest BCUT2D eigenvalue weighted by atomic mass is 35.5. The van der Waals surface area contributed by atoms with Crippen LogP contribution in [0.25, 0.3) is 0 Å². The van der Waals surface area contributed by atoms with Crippen molar-refractivity contribution in [2.24, 2.45) is 5.73 Å². The second kappa shape index (κ2) is 4.11. The van der Waals surface area contributed by atoms with Crippen LogP contribution in [-0.2, 0) is 0 Å². The number of amidine groups is 1. The summed E-state index contributed by atoms with van der Waals surface area (Å²) >= 11 is 6.02. The van der Waals surface area contributed by atoms with Gasteiger partial charge in [-0.3, -0.25) is 5.41 Å². The molecule has 0 saturated heterocycles. The van der Waals surface area contributed by atoms with E-state index in [-0.39, 0.29) is 5.84 Å². The Hall–Kier alpha value is -1.22. The van der Waals surface area contributed by atoms with Gasteiger partial charge in [0.25, 0.3) is 0 Å². The van der Waals surface area contributed by atoms with Crippen LogP contribution in [0.15, 0.2) is 18.2 Å². The molecule has 0 unspecified atom stereocenters. The summed E-state index contributed by atoms with van der Waals surface area (Å²) in [6, 6.07) is 5.19. The van der Waals surface area contributed by atoms with Crippen molar-refractivity contribution in [3.63, 3.8) is 0 Å². The van der Waals surface area contributed by atoms with Crippen molar-refractivity contribution in [2.45, 2.75) is 25.4 Å². The largest absolute Gasteiger partial charge is 0.489 e. The zero-order valence-corrected chi connectivity index (χ0v) is 9.05. The number of halogens is 1. The van der Waals surface area contributed by atoms with Gasteiger partial charge in [-0.1, -0.05) is 11.6 Å². The first-order valence-corrected chi connectivity index (χ1v) is 5.35. The lowest BCUT2D eigenvalue weighted by Gasteiger charge is -2.26. The summed E-state index contributed by atoms with van der Waals surface area (Å²) < 4.78 is 5.67. The van der Waals surface area contributed by atoms with E-state index in [4.69, 9.17) is 27.5 Å². The Kier molecular flexibility index (Phi) is 2.82. The molecule has 1 aliphatic rings. The molecule has 0 bridgehead atoms. The van der Waals surface area contributed by atoms with E-state index in [9.17, 15) is 0 Å². The van der Waals surface area contributed by atoms with Gasteiger partial charge in [-0.15, -0.1) is 0 Å². The number of benzene rings is 1. The summed E-state index contributed by atoms with van der Waals surface area (Å²) in [5.41, 5.74) is 5.98. The molecule has 3 N–H and O–H groups in total. The highest BCUT2D eigenvalue weighted by Gasteiger charge is 2.20. The molecule has 0 radical (unpaired) electrons. The van der Waals surface area contributed by atoms with Crippen LogP contribution >= 0.6 is 11.6 Å². The second-order valence-electron chi connectivity index (χ2n) is 3.73. The summed E-state index contributed by atoms with van der Waals surface area (Å²) in [5.74, 6) is 0.707. The SMILES string of the molecule is N=C(N)c1ccc(OC2CCC2)c(Cl)c1. The minimum Gasteiger partial charge on any atom is -0.489 e. The standard InChI is InChI=1S/C11H13ClN2O/c12-9-6-7(11(13)14)4-5-10(9)15-8-2-1-3-8/h4-6,8H,1-3H2,(H3,13,14). The van der Waals surface area contributed by atoms with E-state index < -0.39 is 0 Å². The van der Waals surface area contributed by atoms with Crippen molar-refractivity contribution in [1.29, 1.82) is 5.41 Å². The van der Waals surface area contributed by atoms with Crippen LogP contribution in [0.3, 0.4) is 0 Å². The first-order chi connectivity index (χ1) is 7.16. The molecular weight excluding hydrogens is 212 g/mol. The maximum atomic E-state index is 7.27. The first kappa shape index (κ1) is 10.3. The van der Waals surface area contributed by atoms with Crippen LogP contribution in [0, 0.1) is 5.41 Å². The van der Waals surface area contributed by atoms with Gasteiger partial charge in [0.2, 0.25) is 0 Å². The van der Waals surface area contributed by atoms with Gasteiger partial charge in [-0.05, 0) is 37.5 Å². The molecule has 0 aliphatic heterocycles. The molecule has 1 aromatic rings. The van der Waals surface area contributed by atoms with Crippen molar-refractivity contribution in [2.75, 3.05) is 0 Å². The molecule has 0 amide bonds. The van der Waals surface area contributed by atoms with Crippen molar-refractivity contribution in [3.8, 4) is 5.75 Å². The summed E-state index contributed by atoms with van der Waals surface area (Å²) in [6.07, 6.45) is 3.74. The lowest BCUT2D eigenvalue weighted by Crippen LogP contribution is -2.24. The van der Waals surface area contributed by atoms with E-state index >= 15 is 0 Å². The molecule has 0 aromatic heterocycles. The predicted molar refractivity (Wildman–Crippen MR) is 60.7 cm³/mol. The van der Waals surface area contributed by atoms with E-state index in [0.717, 1.165) is 12.8 Å². The number of rotatable bonds is 3. The van der Waals surface area contributed by atoms with Crippen molar-refractivity contribution in [1.82, 2.24) is 0 Å². The summed E-state index contributed by atoms with van der Waals surface area (Å²) in [7, 11) is 0. The van der Waals surface area contributed by atoms with E-state index in [1.165, 1.54) is 6.42 Å². The number of ether oxygens (including phenoxy) is 1. The molecule has 3 nitrogen and oxygen atoms in total.